The summed E-state index contributed by atoms with van der Waals surface area (Å²) in [6, 6.07) is 3.71. The van der Waals surface area contributed by atoms with Crippen LogP contribution in [0.2, 0.25) is 0 Å². The van der Waals surface area contributed by atoms with Crippen molar-refractivity contribution in [3.05, 3.63) is 46.4 Å². The van der Waals surface area contributed by atoms with Crippen LogP contribution in [0.15, 0.2) is 35.3 Å². The van der Waals surface area contributed by atoms with Crippen molar-refractivity contribution in [2.24, 2.45) is 5.92 Å². The minimum absolute atomic E-state index is 0.0161. The lowest BCUT2D eigenvalue weighted by atomic mass is 9.75. The molecule has 1 amide bonds. The van der Waals surface area contributed by atoms with E-state index in [-0.39, 0.29) is 24.0 Å². The van der Waals surface area contributed by atoms with Crippen LogP contribution < -0.4 is 10.1 Å². The summed E-state index contributed by atoms with van der Waals surface area (Å²) in [5.41, 5.74) is 1.93. The van der Waals surface area contributed by atoms with Gasteiger partial charge in [0.15, 0.2) is 0 Å². The lowest BCUT2D eigenvalue weighted by Gasteiger charge is -2.38. The van der Waals surface area contributed by atoms with Crippen molar-refractivity contribution in [3.8, 4) is 5.75 Å². The molecule has 3 rings (SSSR count). The maximum atomic E-state index is 12.4. The Balaban J connectivity index is 1.74. The monoisotopic (exact) mass is 332 g/mol. The number of thiophene rings is 1. The molecule has 1 aliphatic carbocycles. The number of rotatable bonds is 6. The van der Waals surface area contributed by atoms with Crippen molar-refractivity contribution in [1.29, 1.82) is 0 Å². The van der Waals surface area contributed by atoms with Crippen LogP contribution in [-0.4, -0.2) is 29.2 Å². The Morgan fingerprint density at radius 2 is 2.35 bits per heavy atom. The van der Waals surface area contributed by atoms with E-state index in [1.54, 1.807) is 30.8 Å². The molecule has 6 heteroatoms. The maximum absolute atomic E-state index is 12.4. The van der Waals surface area contributed by atoms with Crippen LogP contribution in [0.4, 0.5) is 0 Å². The first-order valence-electron chi connectivity index (χ1n) is 7.63. The van der Waals surface area contributed by atoms with Crippen LogP contribution in [0.3, 0.4) is 0 Å². The molecule has 1 aliphatic rings. The van der Waals surface area contributed by atoms with Gasteiger partial charge in [0.1, 0.15) is 5.75 Å². The third kappa shape index (κ3) is 3.89. The summed E-state index contributed by atoms with van der Waals surface area (Å²) in [4.78, 5) is 16.5. The zero-order chi connectivity index (χ0) is 16.2. The van der Waals surface area contributed by atoms with Crippen LogP contribution in [0.25, 0.3) is 0 Å². The van der Waals surface area contributed by atoms with E-state index in [0.717, 1.165) is 11.1 Å². The number of carbonyl (C=O) groups is 1. The third-order valence-corrected chi connectivity index (χ3v) is 4.94. The van der Waals surface area contributed by atoms with Gasteiger partial charge in [-0.25, -0.2) is 0 Å². The fourth-order valence-electron chi connectivity index (χ4n) is 2.90. The van der Waals surface area contributed by atoms with Gasteiger partial charge in [-0.1, -0.05) is 0 Å². The van der Waals surface area contributed by atoms with E-state index in [1.165, 1.54) is 0 Å². The molecule has 2 aromatic rings. The van der Waals surface area contributed by atoms with E-state index in [4.69, 9.17) is 4.74 Å². The summed E-state index contributed by atoms with van der Waals surface area (Å²) >= 11 is 1.58. The highest BCUT2D eigenvalue weighted by atomic mass is 32.1. The van der Waals surface area contributed by atoms with Crippen molar-refractivity contribution in [1.82, 2.24) is 10.3 Å². The molecule has 0 bridgehead atoms. The average Bonchev–Trinajstić information content (AvgIpc) is 3.03. The zero-order valence-corrected chi connectivity index (χ0v) is 13.8. The molecule has 0 unspecified atom stereocenters. The van der Waals surface area contributed by atoms with Gasteiger partial charge in [0.05, 0.1) is 31.9 Å². The smallest absolute Gasteiger partial charge is 0.224 e. The second-order valence-corrected chi connectivity index (χ2v) is 6.68. The van der Waals surface area contributed by atoms with Gasteiger partial charge < -0.3 is 15.2 Å². The molecule has 23 heavy (non-hydrogen) atoms. The van der Waals surface area contributed by atoms with E-state index in [1.807, 2.05) is 22.9 Å². The predicted molar refractivity (Wildman–Crippen MR) is 88.4 cm³/mol. The number of aromatic nitrogens is 1. The molecule has 2 N–H and O–H groups in total. The summed E-state index contributed by atoms with van der Waals surface area (Å²) in [5.74, 6) is 0.877. The minimum Gasteiger partial charge on any atom is -0.495 e. The standard InChI is InChI=1S/C17H20N2O3S/c1-22-15-7-13(8-18-9-15)17(12-5-14(20)6-12)19-16(21)4-11-2-3-23-10-11/h2-3,7-10,12,14,17,20H,4-6H2,1H3,(H,19,21)/t12?,14?,17-/m0/s1. The number of nitrogens with zero attached hydrogens (tertiary/aromatic N) is 1. The van der Waals surface area contributed by atoms with Gasteiger partial charge in [0.2, 0.25) is 5.91 Å². The summed E-state index contributed by atoms with van der Waals surface area (Å²) in [5, 5.41) is 16.7. The van der Waals surface area contributed by atoms with E-state index in [2.05, 4.69) is 10.3 Å². The second-order valence-electron chi connectivity index (χ2n) is 5.90. The van der Waals surface area contributed by atoms with E-state index in [0.29, 0.717) is 25.0 Å². The number of amides is 1. The number of aliphatic hydroxyl groups excluding tert-OH is 1. The largest absolute Gasteiger partial charge is 0.495 e. The first-order chi connectivity index (χ1) is 11.2. The molecule has 122 valence electrons. The molecule has 0 spiro atoms. The van der Waals surface area contributed by atoms with Crippen molar-refractivity contribution in [2.45, 2.75) is 31.4 Å². The number of ether oxygens (including phenoxy) is 1. The SMILES string of the molecule is COc1cncc([C@@H](NC(=O)Cc2ccsc2)C2CC(O)C2)c1. The summed E-state index contributed by atoms with van der Waals surface area (Å²) < 4.78 is 5.22. The fraction of sp³-hybridized carbons (Fsp3) is 0.412. The molecule has 1 saturated carbocycles. The molecule has 0 aliphatic heterocycles. The molecule has 0 aromatic carbocycles. The van der Waals surface area contributed by atoms with Crippen LogP contribution in [0.1, 0.15) is 30.0 Å². The fourth-order valence-corrected chi connectivity index (χ4v) is 3.56. The van der Waals surface area contributed by atoms with Crippen molar-refractivity contribution in [3.63, 3.8) is 0 Å². The first-order valence-corrected chi connectivity index (χ1v) is 8.57. The van der Waals surface area contributed by atoms with E-state index in [9.17, 15) is 9.90 Å². The lowest BCUT2D eigenvalue weighted by Crippen LogP contribution is -2.41. The highest BCUT2D eigenvalue weighted by Gasteiger charge is 2.36. The van der Waals surface area contributed by atoms with Gasteiger partial charge in [-0.2, -0.15) is 11.3 Å². The van der Waals surface area contributed by atoms with Gasteiger partial charge in [-0.15, -0.1) is 0 Å². The van der Waals surface area contributed by atoms with Crippen molar-refractivity contribution >= 4 is 17.2 Å². The van der Waals surface area contributed by atoms with Gasteiger partial charge in [-0.05, 0) is 52.8 Å². The Labute approximate surface area is 139 Å². The molecule has 0 radical (unpaired) electrons. The number of aliphatic hydroxyl groups is 1. The van der Waals surface area contributed by atoms with E-state index < -0.39 is 0 Å². The number of pyridine rings is 1. The minimum atomic E-state index is -0.269. The van der Waals surface area contributed by atoms with Crippen LogP contribution in [-0.2, 0) is 11.2 Å². The predicted octanol–water partition coefficient (Wildman–Crippen LogP) is 2.32. The molecule has 1 fully saturated rings. The van der Waals surface area contributed by atoms with Gasteiger partial charge in [0, 0.05) is 6.20 Å². The lowest BCUT2D eigenvalue weighted by molar-refractivity contribution is -0.122. The average molecular weight is 332 g/mol. The van der Waals surface area contributed by atoms with E-state index >= 15 is 0 Å². The molecule has 5 nitrogen and oxygen atoms in total. The quantitative estimate of drug-likeness (QED) is 0.852. The maximum Gasteiger partial charge on any atom is 0.224 e. The molecule has 1 atom stereocenters. The van der Waals surface area contributed by atoms with Gasteiger partial charge in [0.25, 0.3) is 0 Å². The van der Waals surface area contributed by atoms with Crippen LogP contribution in [0, 0.1) is 5.92 Å². The van der Waals surface area contributed by atoms with Gasteiger partial charge in [-0.3, -0.25) is 9.78 Å². The number of nitrogens with one attached hydrogen (secondary N) is 1. The summed E-state index contributed by atoms with van der Waals surface area (Å²) in [6.07, 6.45) is 4.88. The molecular formula is C17H20N2O3S. The topological polar surface area (TPSA) is 71.5 Å². The third-order valence-electron chi connectivity index (χ3n) is 4.21. The highest BCUT2D eigenvalue weighted by Crippen LogP contribution is 2.38. The molecule has 0 saturated heterocycles. The Morgan fingerprint density at radius 1 is 1.52 bits per heavy atom. The number of hydrogen-bond donors (Lipinski definition) is 2. The van der Waals surface area contributed by atoms with Crippen molar-refractivity contribution in [2.75, 3.05) is 7.11 Å². The Kier molecular flexibility index (Phi) is 4.93. The zero-order valence-electron chi connectivity index (χ0n) is 12.9. The second kappa shape index (κ2) is 7.10. The normalized spacial score (nSPS) is 21.3. The molecular weight excluding hydrogens is 312 g/mol. The van der Waals surface area contributed by atoms with Crippen molar-refractivity contribution < 1.29 is 14.6 Å². The number of methoxy groups -OCH3 is 1. The first kappa shape index (κ1) is 16.0. The summed E-state index contributed by atoms with van der Waals surface area (Å²) in [6.45, 7) is 0. The highest BCUT2D eigenvalue weighted by molar-refractivity contribution is 7.07. The Bertz CT molecular complexity index is 654. The molecule has 2 heterocycles. The van der Waals surface area contributed by atoms with Gasteiger partial charge >= 0.3 is 0 Å². The van der Waals surface area contributed by atoms with Crippen LogP contribution in [0.5, 0.6) is 5.75 Å². The number of hydrogen-bond acceptors (Lipinski definition) is 5. The summed E-state index contributed by atoms with van der Waals surface area (Å²) in [7, 11) is 1.60. The Morgan fingerprint density at radius 3 is 3.00 bits per heavy atom. The van der Waals surface area contributed by atoms with Crippen LogP contribution >= 0.6 is 11.3 Å². The molecule has 2 aromatic heterocycles. The Hall–Kier alpha value is -1.92. The number of carbonyl (C=O) groups excluding carboxylic acids is 1.